The third-order valence-corrected chi connectivity index (χ3v) is 6.81. The van der Waals surface area contributed by atoms with Crippen molar-refractivity contribution in [1.82, 2.24) is 10.3 Å². The Hall–Kier alpha value is -2.67. The number of fused-ring (bicyclic) bond motifs is 1. The van der Waals surface area contributed by atoms with Crippen LogP contribution in [-0.4, -0.2) is 102 Å². The van der Waals surface area contributed by atoms with Gasteiger partial charge in [0.15, 0.2) is 0 Å². The van der Waals surface area contributed by atoms with Crippen LogP contribution in [-0.2, 0) is 46.1 Å². The van der Waals surface area contributed by atoms with Crippen LogP contribution < -0.4 is 11.1 Å². The van der Waals surface area contributed by atoms with E-state index >= 15 is 0 Å². The average molecular weight is 636 g/mol. The summed E-state index contributed by atoms with van der Waals surface area (Å²) in [6, 6.07) is 8.71. The molecule has 0 radical (unpaired) electrons. The Balaban J connectivity index is 0.000000451. The minimum Gasteiger partial charge on any atom is -0.481 e. The second-order valence-corrected chi connectivity index (χ2v) is 10.5. The van der Waals surface area contributed by atoms with Crippen molar-refractivity contribution in [3.8, 4) is 0 Å². The van der Waals surface area contributed by atoms with Crippen LogP contribution in [0.5, 0.6) is 0 Å². The third kappa shape index (κ3) is 21.7. The molecule has 0 atom stereocenters. The number of aldehydes is 1. The number of nitrogens with two attached hydrogens (primary N) is 1. The molecule has 0 spiro atoms. The van der Waals surface area contributed by atoms with Crippen molar-refractivity contribution >= 4 is 29.0 Å². The van der Waals surface area contributed by atoms with Gasteiger partial charge in [0.25, 0.3) is 0 Å². The smallest absolute Gasteiger partial charge is 0.305 e. The van der Waals surface area contributed by atoms with E-state index in [0.717, 1.165) is 31.2 Å². The number of hydrogen-bond donors (Lipinski definition) is 3. The quantitative estimate of drug-likeness (QED) is 0.0888. The Morgan fingerprint density at radius 1 is 0.822 bits per heavy atom. The average Bonchev–Trinajstić information content (AvgIpc) is 3.03. The molecule has 0 aliphatic rings. The van der Waals surface area contributed by atoms with Crippen molar-refractivity contribution in [2.45, 2.75) is 71.1 Å². The van der Waals surface area contributed by atoms with Crippen molar-refractivity contribution in [3.05, 3.63) is 35.4 Å². The molecule has 4 N–H and O–H groups in total. The summed E-state index contributed by atoms with van der Waals surface area (Å²) in [5.74, 6) is -0.163. The van der Waals surface area contributed by atoms with Gasteiger partial charge in [-0.05, 0) is 69.0 Å². The summed E-state index contributed by atoms with van der Waals surface area (Å²) < 4.78 is 26.0. The molecule has 2 aromatic rings. The summed E-state index contributed by atoms with van der Waals surface area (Å²) in [4.78, 5) is 24.9. The third-order valence-electron chi connectivity index (χ3n) is 6.81. The van der Waals surface area contributed by atoms with E-state index in [1.165, 1.54) is 55.0 Å². The van der Waals surface area contributed by atoms with Gasteiger partial charge in [-0.15, -0.1) is 0 Å². The number of aliphatic carboxylic acids is 1. The van der Waals surface area contributed by atoms with Gasteiger partial charge in [0.2, 0.25) is 0 Å². The first-order valence-electron chi connectivity index (χ1n) is 16.4. The van der Waals surface area contributed by atoms with Gasteiger partial charge >= 0.3 is 5.97 Å². The van der Waals surface area contributed by atoms with Crippen LogP contribution in [0.3, 0.4) is 0 Å². The molecule has 1 heterocycles. The summed E-state index contributed by atoms with van der Waals surface area (Å²) >= 11 is 0. The molecule has 0 aliphatic carbocycles. The van der Waals surface area contributed by atoms with E-state index in [1.807, 2.05) is 7.05 Å². The molecule has 1 aromatic heterocycles. The van der Waals surface area contributed by atoms with Crippen molar-refractivity contribution in [2.24, 2.45) is 0 Å². The number of carbonyl (C=O) groups is 2. The first kappa shape index (κ1) is 40.4. The molecule has 0 saturated heterocycles. The molecule has 1 aromatic carbocycles. The number of unbranched alkanes of at least 4 members (excludes halogenated alkanes) is 4. The number of carboxylic acids is 1. The van der Waals surface area contributed by atoms with E-state index in [1.54, 1.807) is 0 Å². The highest BCUT2D eigenvalue weighted by atomic mass is 16.6. The molecular weight excluding hydrogens is 578 g/mol. The normalized spacial score (nSPS) is 11.0. The van der Waals surface area contributed by atoms with E-state index in [4.69, 9.17) is 34.5 Å². The van der Waals surface area contributed by atoms with Gasteiger partial charge in [0, 0.05) is 11.8 Å². The zero-order valence-electron chi connectivity index (χ0n) is 27.6. The number of rotatable bonds is 28. The lowest BCUT2D eigenvalue weighted by atomic mass is 9.99. The summed E-state index contributed by atoms with van der Waals surface area (Å²) in [6.07, 6.45) is 10.8. The number of nitrogen functional groups attached to an aromatic ring is 1. The largest absolute Gasteiger partial charge is 0.481 e. The lowest BCUT2D eigenvalue weighted by Gasteiger charge is -2.11. The number of aryl methyl sites for hydroxylation is 2. The molecule has 0 saturated carbocycles. The van der Waals surface area contributed by atoms with Crippen molar-refractivity contribution in [1.29, 1.82) is 0 Å². The minimum absolute atomic E-state index is 0.00520. The molecule has 0 bridgehead atoms. The van der Waals surface area contributed by atoms with E-state index in [2.05, 4.69) is 41.5 Å². The van der Waals surface area contributed by atoms with Crippen molar-refractivity contribution in [2.75, 3.05) is 85.4 Å². The van der Waals surface area contributed by atoms with Gasteiger partial charge in [0.1, 0.15) is 12.1 Å². The molecule has 11 heteroatoms. The Morgan fingerprint density at radius 2 is 1.40 bits per heavy atom. The Labute approximate surface area is 269 Å². The predicted molar refractivity (Wildman–Crippen MR) is 178 cm³/mol. The van der Waals surface area contributed by atoms with E-state index in [0.29, 0.717) is 71.7 Å². The maximum absolute atomic E-state index is 10.2. The van der Waals surface area contributed by atoms with Gasteiger partial charge in [-0.25, -0.2) is 4.98 Å². The van der Waals surface area contributed by atoms with Crippen LogP contribution in [0.1, 0.15) is 69.4 Å². The molecule has 256 valence electrons. The number of anilines is 1. The van der Waals surface area contributed by atoms with Crippen LogP contribution in [0.4, 0.5) is 5.82 Å². The fourth-order valence-corrected chi connectivity index (χ4v) is 4.36. The Morgan fingerprint density at radius 3 is 1.98 bits per heavy atom. The number of nitrogens with one attached hydrogen (secondary N) is 1. The standard InChI is InChI=1S/C20H31N3.C14H26O8/c1-3-4-6-11-17-15-18-16(10-7-5-8-14-22-2)12-9-13-19(18)23-20(17)21;15-3-1-4-18-6-8-20-10-12-22-13-11-21-9-7-19-5-2-14(16)17/h9,12-13,15,22H,3-8,10-11,14H2,1-2H3,(H2,21,23);3H,1-2,4-13H2,(H,16,17). The van der Waals surface area contributed by atoms with E-state index in [9.17, 15) is 9.59 Å². The molecule has 0 unspecified atom stereocenters. The zero-order chi connectivity index (χ0) is 32.8. The Bertz CT molecular complexity index is 1020. The highest BCUT2D eigenvalue weighted by Gasteiger charge is 2.08. The molecule has 0 amide bonds. The number of pyridine rings is 1. The Kier molecular flexibility index (Phi) is 25.8. The number of aromatic nitrogens is 1. The highest BCUT2D eigenvalue weighted by Crippen LogP contribution is 2.24. The summed E-state index contributed by atoms with van der Waals surface area (Å²) in [6.45, 7) is 7.59. The summed E-state index contributed by atoms with van der Waals surface area (Å²) in [5, 5.41) is 12.9. The lowest BCUT2D eigenvalue weighted by molar-refractivity contribution is -0.138. The lowest BCUT2D eigenvalue weighted by Crippen LogP contribution is -2.13. The summed E-state index contributed by atoms with van der Waals surface area (Å²) in [7, 11) is 2.01. The topological polar surface area (TPSA) is 151 Å². The SMILES string of the molecule is CCCCCc1cc2c(CCCCCNC)cccc2nc1N.O=CCCOCCOCCOCCOCCOCCC(=O)O. The predicted octanol–water partition coefficient (Wildman–Crippen LogP) is 4.62. The number of carbonyl (C=O) groups excluding carboxylic acids is 1. The molecule has 0 aliphatic heterocycles. The fraction of sp³-hybridized carbons (Fsp3) is 0.676. The van der Waals surface area contributed by atoms with Crippen LogP contribution >= 0.6 is 0 Å². The number of benzene rings is 1. The molecule has 11 nitrogen and oxygen atoms in total. The van der Waals surface area contributed by atoms with Gasteiger partial charge in [0.05, 0.1) is 78.0 Å². The number of carboxylic acid groups (broad SMARTS) is 1. The molecule has 45 heavy (non-hydrogen) atoms. The molecule has 0 fully saturated rings. The second-order valence-electron chi connectivity index (χ2n) is 10.5. The van der Waals surface area contributed by atoms with Crippen LogP contribution in [0.2, 0.25) is 0 Å². The highest BCUT2D eigenvalue weighted by molar-refractivity contribution is 5.84. The van der Waals surface area contributed by atoms with Gasteiger partial charge in [-0.3, -0.25) is 4.79 Å². The van der Waals surface area contributed by atoms with Crippen LogP contribution in [0.25, 0.3) is 10.9 Å². The first-order valence-corrected chi connectivity index (χ1v) is 16.4. The van der Waals surface area contributed by atoms with Gasteiger partial charge < -0.3 is 44.6 Å². The first-order chi connectivity index (χ1) is 22.0. The number of hydrogen-bond acceptors (Lipinski definition) is 10. The number of ether oxygens (including phenoxy) is 5. The second kappa shape index (κ2) is 28.8. The maximum atomic E-state index is 10.2. The summed E-state index contributed by atoms with van der Waals surface area (Å²) in [5.41, 5.74) is 9.82. The van der Waals surface area contributed by atoms with Crippen LogP contribution in [0, 0.1) is 0 Å². The van der Waals surface area contributed by atoms with Gasteiger partial charge in [-0.2, -0.15) is 0 Å². The van der Waals surface area contributed by atoms with Crippen LogP contribution in [0.15, 0.2) is 24.3 Å². The fourth-order valence-electron chi connectivity index (χ4n) is 4.36. The van der Waals surface area contributed by atoms with E-state index < -0.39 is 5.97 Å². The monoisotopic (exact) mass is 635 g/mol. The van der Waals surface area contributed by atoms with Crippen molar-refractivity contribution in [3.63, 3.8) is 0 Å². The number of nitrogens with zero attached hydrogens (tertiary/aromatic N) is 1. The maximum Gasteiger partial charge on any atom is 0.305 e. The van der Waals surface area contributed by atoms with E-state index in [-0.39, 0.29) is 13.0 Å². The minimum atomic E-state index is -0.871. The zero-order valence-corrected chi connectivity index (χ0v) is 27.6. The van der Waals surface area contributed by atoms with Crippen molar-refractivity contribution < 1.29 is 38.4 Å². The molecular formula is C34H57N3O8. The molecule has 2 rings (SSSR count). The van der Waals surface area contributed by atoms with Gasteiger partial charge in [-0.1, -0.05) is 38.3 Å².